The number of hydrogen-bond acceptors (Lipinski definition) is 4. The van der Waals surface area contributed by atoms with Crippen LogP contribution in [0.1, 0.15) is 48.6 Å². The van der Waals surface area contributed by atoms with Crippen LogP contribution in [0.2, 0.25) is 0 Å². The first-order chi connectivity index (χ1) is 15.2. The second-order valence-corrected chi connectivity index (χ2v) is 9.23. The number of rotatable bonds is 7. The molecule has 2 aliphatic rings. The Morgan fingerprint density at radius 1 is 1.06 bits per heavy atom. The number of thiophene rings is 1. The normalized spacial score (nSPS) is 18.3. The number of carbonyl (C=O) groups is 1. The van der Waals surface area contributed by atoms with Crippen molar-refractivity contribution in [2.45, 2.75) is 44.7 Å². The molecule has 6 nitrogen and oxygen atoms in total. The molecule has 2 aromatic rings. The molecule has 3 heterocycles. The molecular formula is C24H34IN5OS. The highest BCUT2D eigenvalue weighted by Crippen LogP contribution is 2.27. The summed E-state index contributed by atoms with van der Waals surface area (Å²) < 4.78 is 0. The highest BCUT2D eigenvalue weighted by molar-refractivity contribution is 14.0. The molecule has 4 rings (SSSR count). The Labute approximate surface area is 212 Å². The van der Waals surface area contributed by atoms with E-state index >= 15 is 0 Å². The van der Waals surface area contributed by atoms with Crippen molar-refractivity contribution in [3.63, 3.8) is 0 Å². The summed E-state index contributed by atoms with van der Waals surface area (Å²) in [5.74, 6) is 1.05. The van der Waals surface area contributed by atoms with E-state index in [4.69, 9.17) is 0 Å². The van der Waals surface area contributed by atoms with E-state index in [0.717, 1.165) is 37.6 Å². The number of piperidine rings is 1. The van der Waals surface area contributed by atoms with Crippen molar-refractivity contribution in [1.29, 1.82) is 0 Å². The van der Waals surface area contributed by atoms with Gasteiger partial charge in [0.25, 0.3) is 0 Å². The van der Waals surface area contributed by atoms with Gasteiger partial charge in [-0.15, -0.1) is 35.3 Å². The van der Waals surface area contributed by atoms with Crippen LogP contribution in [0.4, 0.5) is 5.69 Å². The number of nitrogens with one attached hydrogen (secondary N) is 2. The molecule has 1 aromatic heterocycles. The van der Waals surface area contributed by atoms with Crippen LogP contribution >= 0.6 is 35.3 Å². The van der Waals surface area contributed by atoms with Gasteiger partial charge < -0.3 is 15.5 Å². The van der Waals surface area contributed by atoms with Gasteiger partial charge in [0, 0.05) is 43.7 Å². The van der Waals surface area contributed by atoms with Crippen molar-refractivity contribution in [2.24, 2.45) is 4.99 Å². The average molecular weight is 568 g/mol. The van der Waals surface area contributed by atoms with Gasteiger partial charge in [-0.25, -0.2) is 0 Å². The number of anilines is 1. The van der Waals surface area contributed by atoms with Crippen LogP contribution in [0.5, 0.6) is 0 Å². The van der Waals surface area contributed by atoms with Gasteiger partial charge in [0.2, 0.25) is 5.91 Å². The third-order valence-corrected chi connectivity index (χ3v) is 7.14. The van der Waals surface area contributed by atoms with E-state index in [1.54, 1.807) is 0 Å². The number of halogens is 1. The maximum absolute atomic E-state index is 12.1. The Bertz CT molecular complexity index is 865. The largest absolute Gasteiger partial charge is 0.354 e. The number of benzene rings is 1. The summed E-state index contributed by atoms with van der Waals surface area (Å²) in [5.41, 5.74) is 2.17. The van der Waals surface area contributed by atoms with Gasteiger partial charge >= 0.3 is 0 Å². The molecule has 32 heavy (non-hydrogen) atoms. The van der Waals surface area contributed by atoms with E-state index in [1.165, 1.54) is 36.4 Å². The first-order valence-corrected chi connectivity index (χ1v) is 12.2. The maximum atomic E-state index is 12.1. The molecule has 8 heteroatoms. The van der Waals surface area contributed by atoms with Gasteiger partial charge in [-0.2, -0.15) is 0 Å². The van der Waals surface area contributed by atoms with Gasteiger partial charge in [0.15, 0.2) is 5.96 Å². The predicted molar refractivity (Wildman–Crippen MR) is 144 cm³/mol. The number of carbonyl (C=O) groups excluding carboxylic acids is 1. The topological polar surface area (TPSA) is 60.0 Å². The molecule has 0 radical (unpaired) electrons. The SMILES string of the molecule is CN=C(NCc1ccc(N2CCCCC2=O)cc1)NCC(c1cccs1)N1CCCC1.I. The molecule has 0 bridgehead atoms. The second kappa shape index (κ2) is 12.6. The van der Waals surface area contributed by atoms with Crippen molar-refractivity contribution in [2.75, 3.05) is 38.1 Å². The molecule has 2 aliphatic heterocycles. The first-order valence-electron chi connectivity index (χ1n) is 11.4. The van der Waals surface area contributed by atoms with Crippen LogP contribution in [0.25, 0.3) is 0 Å². The lowest BCUT2D eigenvalue weighted by atomic mass is 10.1. The Hall–Kier alpha value is -1.65. The lowest BCUT2D eigenvalue weighted by Crippen LogP contribution is -2.42. The Morgan fingerprint density at radius 2 is 1.81 bits per heavy atom. The molecule has 0 aliphatic carbocycles. The lowest BCUT2D eigenvalue weighted by molar-refractivity contribution is -0.119. The zero-order valence-electron chi connectivity index (χ0n) is 18.8. The molecule has 2 N–H and O–H groups in total. The summed E-state index contributed by atoms with van der Waals surface area (Å²) in [7, 11) is 1.82. The molecule has 0 saturated carbocycles. The van der Waals surface area contributed by atoms with Gasteiger partial charge in [-0.3, -0.25) is 14.7 Å². The summed E-state index contributed by atoms with van der Waals surface area (Å²) in [6.45, 7) is 4.71. The highest BCUT2D eigenvalue weighted by atomic mass is 127. The maximum Gasteiger partial charge on any atom is 0.226 e. The number of amides is 1. The fourth-order valence-corrected chi connectivity index (χ4v) is 5.28. The summed E-state index contributed by atoms with van der Waals surface area (Å²) in [5, 5.41) is 9.11. The lowest BCUT2D eigenvalue weighted by Gasteiger charge is -2.27. The molecule has 0 spiro atoms. The molecule has 1 unspecified atom stereocenters. The van der Waals surface area contributed by atoms with E-state index in [2.05, 4.69) is 62.3 Å². The number of likely N-dealkylation sites (tertiary alicyclic amines) is 1. The fraction of sp³-hybridized carbons (Fsp3) is 0.500. The van der Waals surface area contributed by atoms with E-state index in [1.807, 2.05) is 23.3 Å². The molecule has 1 aromatic carbocycles. The zero-order chi connectivity index (χ0) is 21.5. The van der Waals surface area contributed by atoms with Gasteiger partial charge in [-0.05, 0) is 67.9 Å². The molecule has 1 atom stereocenters. The predicted octanol–water partition coefficient (Wildman–Crippen LogP) is 4.39. The van der Waals surface area contributed by atoms with E-state index in [-0.39, 0.29) is 29.9 Å². The van der Waals surface area contributed by atoms with Crippen molar-refractivity contribution < 1.29 is 4.79 Å². The Morgan fingerprint density at radius 3 is 2.47 bits per heavy atom. The van der Waals surface area contributed by atoms with Gasteiger partial charge in [0.1, 0.15) is 0 Å². The molecular weight excluding hydrogens is 533 g/mol. The molecule has 1 amide bonds. The average Bonchev–Trinajstić information content (AvgIpc) is 3.52. The van der Waals surface area contributed by atoms with Crippen LogP contribution in [-0.2, 0) is 11.3 Å². The van der Waals surface area contributed by atoms with Gasteiger partial charge in [-0.1, -0.05) is 18.2 Å². The first kappa shape index (κ1) is 25.0. The molecule has 2 fully saturated rings. The van der Waals surface area contributed by atoms with E-state index in [0.29, 0.717) is 19.0 Å². The number of guanidine groups is 1. The van der Waals surface area contributed by atoms with Crippen LogP contribution in [-0.4, -0.2) is 50.0 Å². The van der Waals surface area contributed by atoms with Crippen molar-refractivity contribution in [3.05, 3.63) is 52.2 Å². The Balaban J connectivity index is 0.00000289. The summed E-state index contributed by atoms with van der Waals surface area (Å²) >= 11 is 1.83. The van der Waals surface area contributed by atoms with Crippen LogP contribution in [0.3, 0.4) is 0 Å². The summed E-state index contributed by atoms with van der Waals surface area (Å²) in [6.07, 6.45) is 5.33. The number of nitrogens with zero attached hydrogens (tertiary/aromatic N) is 3. The molecule has 174 valence electrons. The monoisotopic (exact) mass is 567 g/mol. The van der Waals surface area contributed by atoms with Crippen LogP contribution < -0.4 is 15.5 Å². The van der Waals surface area contributed by atoms with Crippen LogP contribution in [0, 0.1) is 0 Å². The minimum atomic E-state index is 0. The second-order valence-electron chi connectivity index (χ2n) is 8.25. The summed E-state index contributed by atoms with van der Waals surface area (Å²) in [4.78, 5) is 22.4. The number of aliphatic imine (C=N–C) groups is 1. The highest BCUT2D eigenvalue weighted by Gasteiger charge is 2.24. The van der Waals surface area contributed by atoms with Crippen molar-refractivity contribution in [3.8, 4) is 0 Å². The smallest absolute Gasteiger partial charge is 0.226 e. The third-order valence-electron chi connectivity index (χ3n) is 6.17. The summed E-state index contributed by atoms with van der Waals surface area (Å²) in [6, 6.07) is 13.1. The third kappa shape index (κ3) is 6.45. The molecule has 2 saturated heterocycles. The quantitative estimate of drug-likeness (QED) is 0.296. The zero-order valence-corrected chi connectivity index (χ0v) is 21.9. The fourth-order valence-electron chi connectivity index (χ4n) is 4.42. The van der Waals surface area contributed by atoms with E-state index < -0.39 is 0 Å². The Kier molecular flexibility index (Phi) is 9.80. The van der Waals surface area contributed by atoms with Gasteiger partial charge in [0.05, 0.1) is 6.04 Å². The minimum Gasteiger partial charge on any atom is -0.354 e. The minimum absolute atomic E-state index is 0. The van der Waals surface area contributed by atoms with Crippen molar-refractivity contribution >= 4 is 52.9 Å². The van der Waals surface area contributed by atoms with E-state index in [9.17, 15) is 4.79 Å². The van der Waals surface area contributed by atoms with Crippen molar-refractivity contribution in [1.82, 2.24) is 15.5 Å². The van der Waals surface area contributed by atoms with Crippen LogP contribution in [0.15, 0.2) is 46.8 Å². The standard InChI is InChI=1S/C24H33N5OS.HI/c1-25-24(27-18-21(22-7-6-16-31-22)28-13-4-5-14-28)26-17-19-9-11-20(12-10-19)29-15-3-2-8-23(29)30;/h6-7,9-12,16,21H,2-5,8,13-15,17-18H2,1H3,(H2,25,26,27);1H. The number of hydrogen-bond donors (Lipinski definition) is 2.